The zero-order chi connectivity index (χ0) is 15.3. The Morgan fingerprint density at radius 3 is 2.60 bits per heavy atom. The van der Waals surface area contributed by atoms with Gasteiger partial charge >= 0.3 is 0 Å². The molecule has 7 nitrogen and oxygen atoms in total. The van der Waals surface area contributed by atoms with E-state index in [1.165, 1.54) is 25.2 Å². The van der Waals surface area contributed by atoms with Crippen LogP contribution < -0.4 is 10.6 Å². The highest BCUT2D eigenvalue weighted by Crippen LogP contribution is 2.26. The third kappa shape index (κ3) is 4.20. The van der Waals surface area contributed by atoms with Gasteiger partial charge in [-0.05, 0) is 33.2 Å². The van der Waals surface area contributed by atoms with Gasteiger partial charge in [0.15, 0.2) is 0 Å². The van der Waals surface area contributed by atoms with Crippen molar-refractivity contribution in [2.24, 2.45) is 0 Å². The first-order chi connectivity index (χ1) is 9.35. The van der Waals surface area contributed by atoms with Crippen LogP contribution in [0.5, 0.6) is 0 Å². The second-order valence-electron chi connectivity index (χ2n) is 4.88. The minimum atomic E-state index is -0.460. The van der Waals surface area contributed by atoms with Gasteiger partial charge in [0, 0.05) is 31.3 Å². The third-order valence-electron chi connectivity index (χ3n) is 2.72. The average Bonchev–Trinajstić information content (AvgIpc) is 2.36. The number of hydrogen-bond donors (Lipinski definition) is 2. The molecule has 2 N–H and O–H groups in total. The number of rotatable bonds is 6. The highest BCUT2D eigenvalue weighted by atomic mass is 16.6. The van der Waals surface area contributed by atoms with Crippen molar-refractivity contribution in [1.82, 2.24) is 10.2 Å². The largest absolute Gasteiger partial charge is 0.376 e. The summed E-state index contributed by atoms with van der Waals surface area (Å²) in [5, 5.41) is 16.6. The molecule has 0 bridgehead atoms. The van der Waals surface area contributed by atoms with Gasteiger partial charge in [0.2, 0.25) is 0 Å². The Morgan fingerprint density at radius 2 is 2.10 bits per heavy atom. The number of likely N-dealkylation sites (N-methyl/N-ethyl adjacent to an activating group) is 1. The molecule has 0 aliphatic carbocycles. The Labute approximate surface area is 118 Å². The van der Waals surface area contributed by atoms with Gasteiger partial charge in [-0.3, -0.25) is 14.9 Å². The monoisotopic (exact) mass is 280 g/mol. The van der Waals surface area contributed by atoms with Gasteiger partial charge in [-0.2, -0.15) is 0 Å². The summed E-state index contributed by atoms with van der Waals surface area (Å²) in [6.07, 6.45) is 0. The summed E-state index contributed by atoms with van der Waals surface area (Å²) < 4.78 is 0. The molecule has 0 aromatic heterocycles. The van der Waals surface area contributed by atoms with Gasteiger partial charge in [-0.15, -0.1) is 0 Å². The second-order valence-corrected chi connectivity index (χ2v) is 4.88. The molecule has 0 saturated heterocycles. The minimum Gasteiger partial charge on any atom is -0.376 e. The molecule has 0 radical (unpaired) electrons. The van der Waals surface area contributed by atoms with Crippen molar-refractivity contribution in [1.29, 1.82) is 0 Å². The SMILES string of the molecule is CNC(=O)c1ccc([N+](=O)[O-])c(NC(C)CN(C)C)c1. The maximum atomic E-state index is 11.6. The smallest absolute Gasteiger partial charge is 0.292 e. The molecular formula is C13H20N4O3. The van der Waals surface area contributed by atoms with Gasteiger partial charge in [-0.1, -0.05) is 0 Å². The van der Waals surface area contributed by atoms with Crippen LogP contribution in [0.1, 0.15) is 17.3 Å². The maximum Gasteiger partial charge on any atom is 0.292 e. The Bertz CT molecular complexity index is 502. The van der Waals surface area contributed by atoms with Crippen LogP contribution in [0.25, 0.3) is 0 Å². The van der Waals surface area contributed by atoms with Crippen molar-refractivity contribution in [2.75, 3.05) is 33.0 Å². The summed E-state index contributed by atoms with van der Waals surface area (Å²) >= 11 is 0. The van der Waals surface area contributed by atoms with Crippen LogP contribution in [-0.2, 0) is 0 Å². The number of nitro groups is 1. The Hall–Kier alpha value is -2.15. The highest BCUT2D eigenvalue weighted by molar-refractivity contribution is 5.95. The zero-order valence-corrected chi connectivity index (χ0v) is 12.1. The molecule has 20 heavy (non-hydrogen) atoms. The Morgan fingerprint density at radius 1 is 1.45 bits per heavy atom. The van der Waals surface area contributed by atoms with Crippen molar-refractivity contribution >= 4 is 17.3 Å². The number of carbonyl (C=O) groups is 1. The molecule has 1 rings (SSSR count). The molecule has 7 heteroatoms. The van der Waals surface area contributed by atoms with Crippen molar-refractivity contribution in [3.05, 3.63) is 33.9 Å². The van der Waals surface area contributed by atoms with E-state index in [1.807, 2.05) is 25.9 Å². The van der Waals surface area contributed by atoms with E-state index in [0.717, 1.165) is 6.54 Å². The molecular weight excluding hydrogens is 260 g/mol. The number of nitrogens with zero attached hydrogens (tertiary/aromatic N) is 2. The van der Waals surface area contributed by atoms with Crippen LogP contribution in [0.2, 0.25) is 0 Å². The third-order valence-corrected chi connectivity index (χ3v) is 2.72. The molecule has 1 aromatic rings. The Kier molecular flexibility index (Phi) is 5.45. The summed E-state index contributed by atoms with van der Waals surface area (Å²) in [5.41, 5.74) is 0.700. The van der Waals surface area contributed by atoms with Crippen LogP contribution in [0.15, 0.2) is 18.2 Å². The van der Waals surface area contributed by atoms with E-state index in [-0.39, 0.29) is 17.6 Å². The van der Waals surface area contributed by atoms with Crippen LogP contribution in [-0.4, -0.2) is 49.5 Å². The maximum absolute atomic E-state index is 11.6. The number of hydrogen-bond acceptors (Lipinski definition) is 5. The van der Waals surface area contributed by atoms with E-state index >= 15 is 0 Å². The van der Waals surface area contributed by atoms with Crippen LogP contribution in [0.4, 0.5) is 11.4 Å². The first-order valence-corrected chi connectivity index (χ1v) is 6.27. The highest BCUT2D eigenvalue weighted by Gasteiger charge is 2.18. The van der Waals surface area contributed by atoms with Crippen LogP contribution >= 0.6 is 0 Å². The van der Waals surface area contributed by atoms with E-state index in [4.69, 9.17) is 0 Å². The topological polar surface area (TPSA) is 87.5 Å². The molecule has 1 aromatic carbocycles. The van der Waals surface area contributed by atoms with Crippen molar-refractivity contribution in [2.45, 2.75) is 13.0 Å². The van der Waals surface area contributed by atoms with E-state index in [1.54, 1.807) is 0 Å². The summed E-state index contributed by atoms with van der Waals surface area (Å²) in [6, 6.07) is 4.31. The predicted molar refractivity (Wildman–Crippen MR) is 78.1 cm³/mol. The molecule has 0 aliphatic rings. The molecule has 1 unspecified atom stereocenters. The first kappa shape index (κ1) is 15.9. The minimum absolute atomic E-state index is 0.0173. The van der Waals surface area contributed by atoms with E-state index in [0.29, 0.717) is 11.3 Å². The fraction of sp³-hybridized carbons (Fsp3) is 0.462. The molecule has 0 aliphatic heterocycles. The van der Waals surface area contributed by atoms with Gasteiger partial charge in [-0.25, -0.2) is 0 Å². The lowest BCUT2D eigenvalue weighted by Gasteiger charge is -2.19. The van der Waals surface area contributed by atoms with Gasteiger partial charge in [0.25, 0.3) is 11.6 Å². The molecule has 0 spiro atoms. The zero-order valence-electron chi connectivity index (χ0n) is 12.1. The summed E-state index contributed by atoms with van der Waals surface area (Å²) in [7, 11) is 5.37. The number of anilines is 1. The number of nitro benzene ring substituents is 1. The molecule has 0 fully saturated rings. The van der Waals surface area contributed by atoms with Crippen molar-refractivity contribution in [3.63, 3.8) is 0 Å². The standard InChI is InChI=1S/C13H20N4O3/c1-9(8-16(3)4)15-11-7-10(13(18)14-2)5-6-12(11)17(19)20/h5-7,9,15H,8H2,1-4H3,(H,14,18). The van der Waals surface area contributed by atoms with E-state index in [9.17, 15) is 14.9 Å². The average molecular weight is 280 g/mol. The summed E-state index contributed by atoms with van der Waals surface area (Å²) in [6.45, 7) is 2.65. The quantitative estimate of drug-likeness (QED) is 0.606. The van der Waals surface area contributed by atoms with Gasteiger partial charge in [0.1, 0.15) is 5.69 Å². The molecule has 1 atom stereocenters. The number of nitrogens with one attached hydrogen (secondary N) is 2. The normalized spacial score (nSPS) is 12.1. The number of benzene rings is 1. The van der Waals surface area contributed by atoms with Gasteiger partial charge < -0.3 is 15.5 Å². The summed E-state index contributed by atoms with van der Waals surface area (Å²) in [5.74, 6) is -0.275. The van der Waals surface area contributed by atoms with Crippen LogP contribution in [0.3, 0.4) is 0 Å². The summed E-state index contributed by atoms with van der Waals surface area (Å²) in [4.78, 5) is 24.1. The Balaban J connectivity index is 3.06. The van der Waals surface area contributed by atoms with E-state index < -0.39 is 4.92 Å². The lowest BCUT2D eigenvalue weighted by atomic mass is 10.1. The fourth-order valence-electron chi connectivity index (χ4n) is 1.96. The molecule has 110 valence electrons. The predicted octanol–water partition coefficient (Wildman–Crippen LogP) is 1.32. The number of amides is 1. The second kappa shape index (κ2) is 6.85. The van der Waals surface area contributed by atoms with Crippen molar-refractivity contribution < 1.29 is 9.72 Å². The van der Waals surface area contributed by atoms with Crippen LogP contribution in [0, 0.1) is 10.1 Å². The van der Waals surface area contributed by atoms with Gasteiger partial charge in [0.05, 0.1) is 4.92 Å². The van der Waals surface area contributed by atoms with Crippen molar-refractivity contribution in [3.8, 4) is 0 Å². The molecule has 0 saturated carbocycles. The lowest BCUT2D eigenvalue weighted by molar-refractivity contribution is -0.384. The lowest BCUT2D eigenvalue weighted by Crippen LogP contribution is -2.30. The molecule has 1 amide bonds. The first-order valence-electron chi connectivity index (χ1n) is 6.27. The molecule has 0 heterocycles. The van der Waals surface area contributed by atoms with E-state index in [2.05, 4.69) is 10.6 Å². The number of carbonyl (C=O) groups excluding carboxylic acids is 1. The fourth-order valence-corrected chi connectivity index (χ4v) is 1.96.